The largest absolute Gasteiger partial charge is 0.378 e. The van der Waals surface area contributed by atoms with Gasteiger partial charge in [0, 0.05) is 37.5 Å². The summed E-state index contributed by atoms with van der Waals surface area (Å²) in [5, 5.41) is 5.66. The molecule has 3 amide bonds. The minimum atomic E-state index is -0.135. The van der Waals surface area contributed by atoms with Crippen LogP contribution in [0.3, 0.4) is 0 Å². The molecule has 1 aromatic rings. The van der Waals surface area contributed by atoms with Crippen LogP contribution in [0.25, 0.3) is 0 Å². The molecule has 2 rings (SSSR count). The van der Waals surface area contributed by atoms with Crippen molar-refractivity contribution in [3.8, 4) is 0 Å². The van der Waals surface area contributed by atoms with Crippen molar-refractivity contribution in [2.75, 3.05) is 31.6 Å². The van der Waals surface area contributed by atoms with Gasteiger partial charge in [-0.05, 0) is 50.8 Å². The predicted molar refractivity (Wildman–Crippen MR) is 98.9 cm³/mol. The number of hydrogen-bond donors (Lipinski definition) is 2. The van der Waals surface area contributed by atoms with E-state index in [0.717, 1.165) is 38.8 Å². The second kappa shape index (κ2) is 10.0. The van der Waals surface area contributed by atoms with Crippen LogP contribution in [0.5, 0.6) is 0 Å². The molecule has 1 aliphatic heterocycles. The highest BCUT2D eigenvalue weighted by Gasteiger charge is 2.21. The number of carbonyl (C=O) groups excluding carboxylic acids is 2. The first-order valence-corrected chi connectivity index (χ1v) is 9.19. The van der Waals surface area contributed by atoms with Crippen molar-refractivity contribution in [1.82, 2.24) is 10.2 Å². The average Bonchev–Trinajstić information content (AvgIpc) is 2.86. The second-order valence-corrected chi connectivity index (χ2v) is 6.28. The van der Waals surface area contributed by atoms with E-state index >= 15 is 0 Å². The molecule has 6 nitrogen and oxygen atoms in total. The molecule has 0 bridgehead atoms. The standard InChI is InChI=1S/C19H29N3O3/c1-3-13-25-17-9-6-11-22(12-10-17)19(24)21-16-8-5-7-15(14-16)18(23)20-4-2/h5,7-8,14,17H,3-4,6,9-13H2,1-2H3,(H,20,23)(H,21,24). The summed E-state index contributed by atoms with van der Waals surface area (Å²) >= 11 is 0. The number of amides is 3. The summed E-state index contributed by atoms with van der Waals surface area (Å²) in [5.74, 6) is -0.135. The van der Waals surface area contributed by atoms with Crippen molar-refractivity contribution < 1.29 is 14.3 Å². The highest BCUT2D eigenvalue weighted by atomic mass is 16.5. The summed E-state index contributed by atoms with van der Waals surface area (Å²) in [4.78, 5) is 26.3. The van der Waals surface area contributed by atoms with Crippen LogP contribution < -0.4 is 10.6 Å². The Bertz CT molecular complexity index is 577. The molecule has 1 aromatic carbocycles. The third-order valence-electron chi connectivity index (χ3n) is 4.23. The van der Waals surface area contributed by atoms with Gasteiger partial charge >= 0.3 is 6.03 Å². The van der Waals surface area contributed by atoms with Gasteiger partial charge in [-0.15, -0.1) is 0 Å². The number of anilines is 1. The van der Waals surface area contributed by atoms with E-state index in [1.165, 1.54) is 0 Å². The second-order valence-electron chi connectivity index (χ2n) is 6.28. The van der Waals surface area contributed by atoms with Crippen molar-refractivity contribution in [1.29, 1.82) is 0 Å². The third kappa shape index (κ3) is 6.05. The Hall–Kier alpha value is -2.08. The summed E-state index contributed by atoms with van der Waals surface area (Å²) in [7, 11) is 0. The van der Waals surface area contributed by atoms with Gasteiger partial charge in [-0.2, -0.15) is 0 Å². The highest BCUT2D eigenvalue weighted by molar-refractivity contribution is 5.96. The van der Waals surface area contributed by atoms with Crippen LogP contribution in [0.2, 0.25) is 0 Å². The maximum absolute atomic E-state index is 12.5. The zero-order valence-corrected chi connectivity index (χ0v) is 15.2. The number of likely N-dealkylation sites (tertiary alicyclic amines) is 1. The van der Waals surface area contributed by atoms with E-state index in [4.69, 9.17) is 4.74 Å². The van der Waals surface area contributed by atoms with Gasteiger partial charge in [0.05, 0.1) is 6.10 Å². The van der Waals surface area contributed by atoms with E-state index < -0.39 is 0 Å². The van der Waals surface area contributed by atoms with Crippen molar-refractivity contribution in [3.05, 3.63) is 29.8 Å². The summed E-state index contributed by atoms with van der Waals surface area (Å²) in [5.41, 5.74) is 1.18. The summed E-state index contributed by atoms with van der Waals surface area (Å²) in [6.07, 6.45) is 4.07. The van der Waals surface area contributed by atoms with Crippen LogP contribution in [0.15, 0.2) is 24.3 Å². The lowest BCUT2D eigenvalue weighted by molar-refractivity contribution is 0.0446. The van der Waals surface area contributed by atoms with E-state index in [9.17, 15) is 9.59 Å². The molecular formula is C19H29N3O3. The fourth-order valence-corrected chi connectivity index (χ4v) is 2.92. The average molecular weight is 347 g/mol. The predicted octanol–water partition coefficient (Wildman–Crippen LogP) is 3.25. The van der Waals surface area contributed by atoms with E-state index in [1.807, 2.05) is 11.8 Å². The van der Waals surface area contributed by atoms with Crippen molar-refractivity contribution in [2.24, 2.45) is 0 Å². The van der Waals surface area contributed by atoms with Crippen molar-refractivity contribution in [3.63, 3.8) is 0 Å². The van der Waals surface area contributed by atoms with Crippen LogP contribution in [-0.4, -0.2) is 49.2 Å². The topological polar surface area (TPSA) is 70.7 Å². The number of nitrogens with one attached hydrogen (secondary N) is 2. The van der Waals surface area contributed by atoms with Gasteiger partial charge in [0.25, 0.3) is 5.91 Å². The van der Waals surface area contributed by atoms with Gasteiger partial charge in [-0.3, -0.25) is 4.79 Å². The molecule has 0 aromatic heterocycles. The SMILES string of the molecule is CCCOC1CCCN(C(=O)Nc2cccc(C(=O)NCC)c2)CC1. The summed E-state index contributed by atoms with van der Waals surface area (Å²) < 4.78 is 5.82. The molecule has 6 heteroatoms. The molecule has 1 unspecified atom stereocenters. The van der Waals surface area contributed by atoms with Gasteiger partial charge in [-0.1, -0.05) is 13.0 Å². The molecule has 1 atom stereocenters. The number of benzene rings is 1. The first-order chi connectivity index (χ1) is 12.1. The smallest absolute Gasteiger partial charge is 0.321 e. The lowest BCUT2D eigenvalue weighted by Crippen LogP contribution is -2.36. The number of ether oxygens (including phenoxy) is 1. The number of rotatable bonds is 6. The Balaban J connectivity index is 1.91. The fourth-order valence-electron chi connectivity index (χ4n) is 2.92. The van der Waals surface area contributed by atoms with Gasteiger partial charge < -0.3 is 20.3 Å². The third-order valence-corrected chi connectivity index (χ3v) is 4.23. The Morgan fingerprint density at radius 1 is 1.24 bits per heavy atom. The molecule has 0 radical (unpaired) electrons. The lowest BCUT2D eigenvalue weighted by Gasteiger charge is -2.21. The van der Waals surface area contributed by atoms with Crippen molar-refractivity contribution in [2.45, 2.75) is 45.6 Å². The summed E-state index contributed by atoms with van der Waals surface area (Å²) in [6, 6.07) is 6.89. The minimum Gasteiger partial charge on any atom is -0.378 e. The fraction of sp³-hybridized carbons (Fsp3) is 0.579. The normalized spacial score (nSPS) is 17.7. The molecule has 2 N–H and O–H groups in total. The maximum atomic E-state index is 12.5. The Kier molecular flexibility index (Phi) is 7.73. The molecule has 1 aliphatic rings. The van der Waals surface area contributed by atoms with Crippen LogP contribution in [-0.2, 0) is 4.74 Å². The zero-order chi connectivity index (χ0) is 18.1. The van der Waals surface area contributed by atoms with Gasteiger partial charge in [0.15, 0.2) is 0 Å². The molecule has 0 aliphatic carbocycles. The van der Waals surface area contributed by atoms with Crippen LogP contribution in [0, 0.1) is 0 Å². The number of nitrogens with zero attached hydrogens (tertiary/aromatic N) is 1. The Morgan fingerprint density at radius 3 is 2.84 bits per heavy atom. The van der Waals surface area contributed by atoms with Crippen molar-refractivity contribution >= 4 is 17.6 Å². The molecule has 1 saturated heterocycles. The first-order valence-electron chi connectivity index (χ1n) is 9.19. The molecule has 1 heterocycles. The number of urea groups is 1. The molecular weight excluding hydrogens is 318 g/mol. The molecule has 138 valence electrons. The van der Waals surface area contributed by atoms with E-state index in [-0.39, 0.29) is 18.0 Å². The van der Waals surface area contributed by atoms with E-state index in [1.54, 1.807) is 24.3 Å². The monoisotopic (exact) mass is 347 g/mol. The van der Waals surface area contributed by atoms with Gasteiger partial charge in [0.2, 0.25) is 0 Å². The molecule has 0 saturated carbocycles. The molecule has 0 spiro atoms. The van der Waals surface area contributed by atoms with Gasteiger partial charge in [-0.25, -0.2) is 4.79 Å². The van der Waals surface area contributed by atoms with Gasteiger partial charge in [0.1, 0.15) is 0 Å². The summed E-state index contributed by atoms with van der Waals surface area (Å²) in [6.45, 7) is 6.75. The molecule has 25 heavy (non-hydrogen) atoms. The molecule has 1 fully saturated rings. The van der Waals surface area contributed by atoms with Crippen LogP contribution in [0.4, 0.5) is 10.5 Å². The number of carbonyl (C=O) groups is 2. The minimum absolute atomic E-state index is 0.121. The lowest BCUT2D eigenvalue weighted by atomic mass is 10.2. The van der Waals surface area contributed by atoms with Crippen LogP contribution >= 0.6 is 0 Å². The Labute approximate surface area is 149 Å². The van der Waals surface area contributed by atoms with Crippen LogP contribution in [0.1, 0.15) is 49.9 Å². The van der Waals surface area contributed by atoms with E-state index in [2.05, 4.69) is 17.6 Å². The maximum Gasteiger partial charge on any atom is 0.321 e. The highest BCUT2D eigenvalue weighted by Crippen LogP contribution is 2.17. The number of hydrogen-bond acceptors (Lipinski definition) is 3. The van der Waals surface area contributed by atoms with E-state index in [0.29, 0.717) is 24.3 Å². The zero-order valence-electron chi connectivity index (χ0n) is 15.2. The first kappa shape index (κ1) is 19.2. The Morgan fingerprint density at radius 2 is 2.08 bits per heavy atom. The quantitative estimate of drug-likeness (QED) is 0.830.